The summed E-state index contributed by atoms with van der Waals surface area (Å²) in [5.41, 5.74) is 0.356. The number of benzene rings is 1. The first kappa shape index (κ1) is 8.11. The van der Waals surface area contributed by atoms with E-state index in [-0.39, 0.29) is 0 Å². The van der Waals surface area contributed by atoms with Crippen LogP contribution in [0.25, 0.3) is 21.7 Å². The lowest BCUT2D eigenvalue weighted by molar-refractivity contribution is 0.377. The highest BCUT2D eigenvalue weighted by Crippen LogP contribution is 2.18. The topological polar surface area (TPSA) is 56.0 Å². The number of pyridine rings is 1. The van der Waals surface area contributed by atoms with Crippen molar-refractivity contribution in [2.24, 2.45) is 0 Å². The molecule has 1 aromatic carbocycles. The Morgan fingerprint density at radius 2 is 2.00 bits per heavy atom. The van der Waals surface area contributed by atoms with Crippen LogP contribution in [0, 0.1) is 0 Å². The van der Waals surface area contributed by atoms with E-state index in [0.717, 1.165) is 10.9 Å². The molecule has 0 atom stereocenters. The fourth-order valence-electron chi connectivity index (χ4n) is 1.66. The van der Waals surface area contributed by atoms with Crippen molar-refractivity contribution >= 4 is 21.7 Å². The minimum absolute atomic E-state index is 0.425. The Labute approximate surface area is 84.2 Å². The predicted molar refractivity (Wildman–Crippen MR) is 55.6 cm³/mol. The predicted octanol–water partition coefficient (Wildman–Crippen LogP) is 1.74. The third-order valence-electron chi connectivity index (χ3n) is 2.34. The molecule has 0 bridgehead atoms. The summed E-state index contributed by atoms with van der Waals surface area (Å²) in [5.74, 6) is 0. The van der Waals surface area contributed by atoms with Gasteiger partial charge in [-0.1, -0.05) is 23.4 Å². The Kier molecular flexibility index (Phi) is 1.56. The van der Waals surface area contributed by atoms with Gasteiger partial charge >= 0.3 is 5.63 Å². The number of nitrogens with zero attached hydrogens (tertiary/aromatic N) is 2. The molecule has 3 aromatic rings. The lowest BCUT2D eigenvalue weighted by Crippen LogP contribution is -2.01. The van der Waals surface area contributed by atoms with Crippen molar-refractivity contribution in [2.45, 2.75) is 0 Å². The van der Waals surface area contributed by atoms with Crippen molar-refractivity contribution in [1.82, 2.24) is 10.1 Å². The molecular formula is C11H6N2O2. The maximum Gasteiger partial charge on any atom is 0.367 e. The molecule has 0 amide bonds. The lowest BCUT2D eigenvalue weighted by Gasteiger charge is -1.99. The van der Waals surface area contributed by atoms with Gasteiger partial charge in [-0.05, 0) is 6.07 Å². The van der Waals surface area contributed by atoms with Gasteiger partial charge in [0.2, 0.25) is 0 Å². The maximum absolute atomic E-state index is 11.5. The van der Waals surface area contributed by atoms with Crippen molar-refractivity contribution in [2.75, 3.05) is 0 Å². The Morgan fingerprint density at radius 1 is 1.13 bits per heavy atom. The van der Waals surface area contributed by atoms with Gasteiger partial charge in [0.1, 0.15) is 0 Å². The van der Waals surface area contributed by atoms with Crippen LogP contribution < -0.4 is 5.63 Å². The molecule has 0 saturated carbocycles. The summed E-state index contributed by atoms with van der Waals surface area (Å²) in [6.45, 7) is 0. The van der Waals surface area contributed by atoms with Gasteiger partial charge in [-0.2, -0.15) is 0 Å². The zero-order valence-corrected chi connectivity index (χ0v) is 7.68. The average Bonchev–Trinajstić information content (AvgIpc) is 2.29. The lowest BCUT2D eigenvalue weighted by atomic mass is 10.1. The summed E-state index contributed by atoms with van der Waals surface area (Å²) < 4.78 is 4.62. The first-order valence-electron chi connectivity index (χ1n) is 4.49. The third-order valence-corrected chi connectivity index (χ3v) is 2.34. The van der Waals surface area contributed by atoms with E-state index in [1.165, 1.54) is 6.20 Å². The van der Waals surface area contributed by atoms with Crippen molar-refractivity contribution in [1.29, 1.82) is 0 Å². The van der Waals surface area contributed by atoms with Gasteiger partial charge in [0, 0.05) is 17.0 Å². The van der Waals surface area contributed by atoms with Gasteiger partial charge in [-0.15, -0.1) is 0 Å². The number of hydrogen-bond acceptors (Lipinski definition) is 4. The normalized spacial score (nSPS) is 10.9. The molecule has 2 heterocycles. The van der Waals surface area contributed by atoms with E-state index < -0.39 is 5.63 Å². The highest BCUT2D eigenvalue weighted by Gasteiger charge is 2.05. The van der Waals surface area contributed by atoms with Gasteiger partial charge in [-0.3, -0.25) is 4.98 Å². The molecule has 0 N–H and O–H groups in total. The number of aromatic nitrogens is 2. The molecule has 0 aliphatic rings. The minimum Gasteiger partial charge on any atom is -0.313 e. The molecule has 0 aliphatic heterocycles. The first-order valence-corrected chi connectivity index (χ1v) is 4.49. The molecule has 0 radical (unpaired) electrons. The molecular weight excluding hydrogens is 192 g/mol. The van der Waals surface area contributed by atoms with Crippen LogP contribution in [0.5, 0.6) is 0 Å². The van der Waals surface area contributed by atoms with Crippen LogP contribution in [0.15, 0.2) is 46.0 Å². The average molecular weight is 198 g/mol. The zero-order valence-electron chi connectivity index (χ0n) is 7.68. The molecule has 15 heavy (non-hydrogen) atoms. The smallest absolute Gasteiger partial charge is 0.313 e. The molecule has 0 fully saturated rings. The molecule has 0 spiro atoms. The summed E-state index contributed by atoms with van der Waals surface area (Å²) in [6, 6.07) is 7.45. The molecule has 4 heteroatoms. The molecule has 3 rings (SSSR count). The van der Waals surface area contributed by atoms with E-state index in [4.69, 9.17) is 0 Å². The van der Waals surface area contributed by atoms with E-state index in [2.05, 4.69) is 14.7 Å². The Morgan fingerprint density at radius 3 is 2.93 bits per heavy atom. The second kappa shape index (κ2) is 2.88. The first-order chi connectivity index (χ1) is 7.36. The van der Waals surface area contributed by atoms with E-state index in [1.54, 1.807) is 6.20 Å². The van der Waals surface area contributed by atoms with Crippen LogP contribution >= 0.6 is 0 Å². The number of para-hydroxylation sites is 1. The highest BCUT2D eigenvalue weighted by atomic mass is 16.5. The van der Waals surface area contributed by atoms with Crippen molar-refractivity contribution in [3.8, 4) is 0 Å². The summed E-state index contributed by atoms with van der Waals surface area (Å²) in [4.78, 5) is 15.8. The zero-order chi connectivity index (χ0) is 10.3. The summed E-state index contributed by atoms with van der Waals surface area (Å²) >= 11 is 0. The van der Waals surface area contributed by atoms with Crippen LogP contribution in [-0.4, -0.2) is 10.1 Å². The second-order valence-corrected chi connectivity index (χ2v) is 3.22. The van der Waals surface area contributed by atoms with E-state index in [1.807, 2.05) is 24.3 Å². The third kappa shape index (κ3) is 1.11. The number of rotatable bonds is 0. The summed E-state index contributed by atoms with van der Waals surface area (Å²) in [6.07, 6.45) is 3.12. The molecule has 72 valence electrons. The van der Waals surface area contributed by atoms with E-state index >= 15 is 0 Å². The van der Waals surface area contributed by atoms with Crippen molar-refractivity contribution < 1.29 is 4.52 Å². The van der Waals surface area contributed by atoms with Gasteiger partial charge < -0.3 is 4.52 Å². The van der Waals surface area contributed by atoms with Crippen LogP contribution in [-0.2, 0) is 0 Å². The van der Waals surface area contributed by atoms with E-state index in [0.29, 0.717) is 10.8 Å². The summed E-state index contributed by atoms with van der Waals surface area (Å²) in [7, 11) is 0. The standard InChI is InChI=1S/C11H6N2O2/c14-11-10-7(6-13-15-11)5-12-9-4-2-1-3-8(9)10/h1-6H. The Bertz CT molecular complexity index is 703. The molecule has 0 saturated heterocycles. The van der Waals surface area contributed by atoms with Crippen molar-refractivity contribution in [3.05, 3.63) is 47.1 Å². The fraction of sp³-hybridized carbons (Fsp3) is 0. The number of fused-ring (bicyclic) bond motifs is 3. The molecule has 0 unspecified atom stereocenters. The van der Waals surface area contributed by atoms with Crippen LogP contribution in [0.4, 0.5) is 0 Å². The monoisotopic (exact) mass is 198 g/mol. The van der Waals surface area contributed by atoms with Gasteiger partial charge in [0.25, 0.3) is 0 Å². The van der Waals surface area contributed by atoms with Crippen LogP contribution in [0.2, 0.25) is 0 Å². The Balaban J connectivity index is 2.70. The summed E-state index contributed by atoms with van der Waals surface area (Å²) in [5, 5.41) is 5.53. The largest absolute Gasteiger partial charge is 0.367 e. The van der Waals surface area contributed by atoms with Crippen molar-refractivity contribution in [3.63, 3.8) is 0 Å². The second-order valence-electron chi connectivity index (χ2n) is 3.22. The fourth-order valence-corrected chi connectivity index (χ4v) is 1.66. The molecule has 2 aromatic heterocycles. The maximum atomic E-state index is 11.5. The molecule has 4 nitrogen and oxygen atoms in total. The van der Waals surface area contributed by atoms with Crippen LogP contribution in [0.1, 0.15) is 0 Å². The van der Waals surface area contributed by atoms with Crippen LogP contribution in [0.3, 0.4) is 0 Å². The quantitative estimate of drug-likeness (QED) is 0.516. The van der Waals surface area contributed by atoms with E-state index in [9.17, 15) is 4.79 Å². The Hall–Kier alpha value is -2.23. The highest BCUT2D eigenvalue weighted by molar-refractivity contribution is 6.04. The minimum atomic E-state index is -0.425. The SMILES string of the molecule is O=c1oncc2cnc3ccccc3c12. The molecule has 0 aliphatic carbocycles. The van der Waals surface area contributed by atoms with Gasteiger partial charge in [0.15, 0.2) is 0 Å². The number of hydrogen-bond donors (Lipinski definition) is 0. The van der Waals surface area contributed by atoms with Gasteiger partial charge in [0.05, 0.1) is 17.1 Å². The van der Waals surface area contributed by atoms with Gasteiger partial charge in [-0.25, -0.2) is 4.79 Å².